The van der Waals surface area contributed by atoms with E-state index in [0.717, 1.165) is 16.9 Å². The average Bonchev–Trinajstić information content (AvgIpc) is 3.22. The van der Waals surface area contributed by atoms with Crippen molar-refractivity contribution in [2.45, 2.75) is 25.2 Å². The summed E-state index contributed by atoms with van der Waals surface area (Å²) in [6, 6.07) is 13.3. The second kappa shape index (κ2) is 7.95. The summed E-state index contributed by atoms with van der Waals surface area (Å²) >= 11 is 0. The molecule has 9 nitrogen and oxygen atoms in total. The van der Waals surface area contributed by atoms with E-state index >= 15 is 0 Å². The molecule has 2 aromatic carbocycles. The number of anilines is 1. The largest absolute Gasteiger partial charge is 0.305 e. The van der Waals surface area contributed by atoms with Crippen molar-refractivity contribution in [1.82, 2.24) is 34.7 Å². The van der Waals surface area contributed by atoms with Crippen LogP contribution in [0.1, 0.15) is 46.1 Å². The number of carbonyl (C=O) groups excluding carboxylic acids is 1. The van der Waals surface area contributed by atoms with Gasteiger partial charge in [0.25, 0.3) is 5.91 Å². The number of amides is 1. The Bertz CT molecular complexity index is 1500. The third-order valence-electron chi connectivity index (χ3n) is 6.30. The summed E-state index contributed by atoms with van der Waals surface area (Å²) in [4.78, 5) is 17.3. The number of H-pyrrole nitrogens is 1. The zero-order chi connectivity index (χ0) is 23.2. The standard InChI is InChI=1S/C25H24N8O/c1-32-12-11-21(30-32)27-25(34)17-7-5-16(6-8-17)24-28-22(33(2)31-24)13-18-9-10-20-19(14-26-29-20)23(18)15-3-4-15/h5-12,14-15H,3-4,13H2,1-2H3,(H,26,29)(H,27,30,34). The molecule has 0 saturated heterocycles. The van der Waals surface area contributed by atoms with Gasteiger partial charge in [0.2, 0.25) is 0 Å². The monoisotopic (exact) mass is 452 g/mol. The van der Waals surface area contributed by atoms with E-state index < -0.39 is 0 Å². The molecule has 0 bridgehead atoms. The van der Waals surface area contributed by atoms with Crippen LogP contribution in [0.25, 0.3) is 22.3 Å². The minimum atomic E-state index is -0.206. The van der Waals surface area contributed by atoms with Crippen LogP contribution >= 0.6 is 0 Å². The first-order valence-electron chi connectivity index (χ1n) is 11.3. The number of aromatic nitrogens is 7. The molecular formula is C25H24N8O. The van der Waals surface area contributed by atoms with E-state index in [1.165, 1.54) is 29.4 Å². The first kappa shape index (κ1) is 20.3. The van der Waals surface area contributed by atoms with Crippen LogP contribution in [0.5, 0.6) is 0 Å². The molecule has 1 amide bonds. The van der Waals surface area contributed by atoms with Crippen molar-refractivity contribution in [3.63, 3.8) is 0 Å². The molecule has 1 fully saturated rings. The highest BCUT2D eigenvalue weighted by atomic mass is 16.1. The first-order valence-corrected chi connectivity index (χ1v) is 11.3. The summed E-state index contributed by atoms with van der Waals surface area (Å²) in [6.07, 6.45) is 6.87. The van der Waals surface area contributed by atoms with Crippen molar-refractivity contribution < 1.29 is 4.79 Å². The van der Waals surface area contributed by atoms with Gasteiger partial charge in [0.05, 0.1) is 11.7 Å². The molecule has 0 radical (unpaired) electrons. The Morgan fingerprint density at radius 3 is 2.65 bits per heavy atom. The van der Waals surface area contributed by atoms with Crippen molar-refractivity contribution >= 4 is 22.6 Å². The third kappa shape index (κ3) is 3.75. The Hall–Kier alpha value is -4.27. The van der Waals surface area contributed by atoms with Gasteiger partial charge in [0.1, 0.15) is 5.82 Å². The highest BCUT2D eigenvalue weighted by molar-refractivity contribution is 6.03. The number of aromatic amines is 1. The lowest BCUT2D eigenvalue weighted by atomic mass is 9.97. The maximum atomic E-state index is 12.5. The van der Waals surface area contributed by atoms with Crippen LogP contribution in [0.3, 0.4) is 0 Å². The van der Waals surface area contributed by atoms with Gasteiger partial charge in [-0.2, -0.15) is 15.3 Å². The smallest absolute Gasteiger partial charge is 0.256 e. The van der Waals surface area contributed by atoms with Crippen molar-refractivity contribution in [1.29, 1.82) is 0 Å². The summed E-state index contributed by atoms with van der Waals surface area (Å²) in [5.41, 5.74) is 5.16. The first-order chi connectivity index (χ1) is 16.5. The molecule has 3 aromatic heterocycles. The van der Waals surface area contributed by atoms with Crippen LogP contribution in [0, 0.1) is 0 Å². The Morgan fingerprint density at radius 2 is 1.91 bits per heavy atom. The summed E-state index contributed by atoms with van der Waals surface area (Å²) in [7, 11) is 3.73. The molecule has 2 N–H and O–H groups in total. The lowest BCUT2D eigenvalue weighted by molar-refractivity contribution is 0.102. The Balaban J connectivity index is 1.23. The van der Waals surface area contributed by atoms with E-state index in [-0.39, 0.29) is 5.91 Å². The van der Waals surface area contributed by atoms with Crippen molar-refractivity contribution in [2.24, 2.45) is 14.1 Å². The third-order valence-corrected chi connectivity index (χ3v) is 6.30. The van der Waals surface area contributed by atoms with Gasteiger partial charge in [0.15, 0.2) is 11.6 Å². The van der Waals surface area contributed by atoms with Crippen LogP contribution < -0.4 is 5.32 Å². The number of hydrogen-bond acceptors (Lipinski definition) is 5. The van der Waals surface area contributed by atoms with Gasteiger partial charge in [-0.3, -0.25) is 19.3 Å². The van der Waals surface area contributed by atoms with Crippen LogP contribution in [0.15, 0.2) is 54.9 Å². The molecule has 6 rings (SSSR count). The number of nitrogens with zero attached hydrogens (tertiary/aromatic N) is 6. The minimum Gasteiger partial charge on any atom is -0.305 e. The number of aryl methyl sites for hydroxylation is 2. The summed E-state index contributed by atoms with van der Waals surface area (Å²) < 4.78 is 3.48. The summed E-state index contributed by atoms with van der Waals surface area (Å²) in [5, 5.41) is 20.1. The summed E-state index contributed by atoms with van der Waals surface area (Å²) in [6.45, 7) is 0. The fourth-order valence-electron chi connectivity index (χ4n) is 4.40. The van der Waals surface area contributed by atoms with Crippen molar-refractivity contribution in [3.05, 3.63) is 77.4 Å². The van der Waals surface area contributed by atoms with Crippen LogP contribution in [0.4, 0.5) is 5.82 Å². The van der Waals surface area contributed by atoms with Gasteiger partial charge < -0.3 is 5.32 Å². The second-order valence-corrected chi connectivity index (χ2v) is 8.80. The molecule has 34 heavy (non-hydrogen) atoms. The van der Waals surface area contributed by atoms with Gasteiger partial charge in [-0.15, -0.1) is 0 Å². The van der Waals surface area contributed by atoms with Crippen LogP contribution in [0.2, 0.25) is 0 Å². The fraction of sp³-hybridized carbons (Fsp3) is 0.240. The number of carbonyl (C=O) groups is 1. The molecule has 3 heterocycles. The second-order valence-electron chi connectivity index (χ2n) is 8.80. The topological polar surface area (TPSA) is 106 Å². The van der Waals surface area contributed by atoms with Crippen molar-refractivity contribution in [2.75, 3.05) is 5.32 Å². The normalized spacial score (nSPS) is 13.5. The number of fused-ring (bicyclic) bond motifs is 1. The van der Waals surface area contributed by atoms with Gasteiger partial charge in [-0.1, -0.05) is 18.2 Å². The number of rotatable bonds is 6. The van der Waals surface area contributed by atoms with E-state index in [4.69, 9.17) is 4.98 Å². The SMILES string of the molecule is Cn1ccc(NC(=O)c2ccc(-c3nc(Cc4ccc5[nH]ncc5c4C4CC4)n(C)n3)cc2)n1. The predicted octanol–water partition coefficient (Wildman–Crippen LogP) is 3.81. The van der Waals surface area contributed by atoms with E-state index in [1.54, 1.807) is 36.1 Å². The molecule has 0 unspecified atom stereocenters. The summed E-state index contributed by atoms with van der Waals surface area (Å²) in [5.74, 6) is 2.46. The van der Waals surface area contributed by atoms with Crippen molar-refractivity contribution in [3.8, 4) is 11.4 Å². The van der Waals surface area contributed by atoms with Crippen LogP contribution in [-0.2, 0) is 20.5 Å². The Kier molecular flexibility index (Phi) is 4.75. The highest BCUT2D eigenvalue weighted by Crippen LogP contribution is 2.45. The van der Waals surface area contributed by atoms with Gasteiger partial charge >= 0.3 is 0 Å². The maximum absolute atomic E-state index is 12.5. The van der Waals surface area contributed by atoms with Gasteiger partial charge in [0, 0.05) is 49.3 Å². The molecule has 0 aliphatic heterocycles. The quantitative estimate of drug-likeness (QED) is 0.407. The molecule has 0 atom stereocenters. The van der Waals surface area contributed by atoms with Gasteiger partial charge in [-0.25, -0.2) is 4.98 Å². The van der Waals surface area contributed by atoms with E-state index in [1.807, 2.05) is 30.1 Å². The Morgan fingerprint density at radius 1 is 1.09 bits per heavy atom. The highest BCUT2D eigenvalue weighted by Gasteiger charge is 2.29. The molecular weight excluding hydrogens is 428 g/mol. The molecule has 0 spiro atoms. The molecule has 170 valence electrons. The molecule has 1 aliphatic carbocycles. The predicted molar refractivity (Wildman–Crippen MR) is 128 cm³/mol. The Labute approximate surface area is 195 Å². The van der Waals surface area contributed by atoms with E-state index in [2.05, 4.69) is 37.8 Å². The number of nitrogens with one attached hydrogen (secondary N) is 2. The number of benzene rings is 2. The van der Waals surface area contributed by atoms with E-state index in [9.17, 15) is 4.79 Å². The van der Waals surface area contributed by atoms with E-state index in [0.29, 0.717) is 29.5 Å². The maximum Gasteiger partial charge on any atom is 0.256 e. The zero-order valence-corrected chi connectivity index (χ0v) is 19.0. The van der Waals surface area contributed by atoms with Gasteiger partial charge in [-0.05, 0) is 48.1 Å². The minimum absolute atomic E-state index is 0.206. The molecule has 1 saturated carbocycles. The molecule has 5 aromatic rings. The lowest BCUT2D eigenvalue weighted by Crippen LogP contribution is -2.12. The molecule has 9 heteroatoms. The molecule has 1 aliphatic rings. The van der Waals surface area contributed by atoms with Crippen LogP contribution in [-0.4, -0.2) is 40.6 Å². The lowest BCUT2D eigenvalue weighted by Gasteiger charge is -2.09. The average molecular weight is 453 g/mol. The number of hydrogen-bond donors (Lipinski definition) is 2. The fourth-order valence-corrected chi connectivity index (χ4v) is 4.40. The zero-order valence-electron chi connectivity index (χ0n) is 19.0.